The number of hydrogen-bond acceptors (Lipinski definition) is 14. The fourth-order valence-electron chi connectivity index (χ4n) is 3.27. The summed E-state index contributed by atoms with van der Waals surface area (Å²) in [7, 11) is 0.822. The van der Waals surface area contributed by atoms with E-state index in [1.54, 1.807) is 0 Å². The third kappa shape index (κ3) is 11.1. The molecule has 2 atom stereocenters. The van der Waals surface area contributed by atoms with Gasteiger partial charge in [-0.1, -0.05) is 0 Å². The van der Waals surface area contributed by atoms with Gasteiger partial charge in [-0.3, -0.25) is 9.05 Å². The monoisotopic (exact) mass is 627 g/mol. The summed E-state index contributed by atoms with van der Waals surface area (Å²) in [6.45, 7) is -1.56. The Kier molecular flexibility index (Phi) is 13.8. The molecule has 1 unspecified atom stereocenters. The molecular formula is C27H34NO14P. The second-order valence-electron chi connectivity index (χ2n) is 8.29. The first-order valence-corrected chi connectivity index (χ1v) is 13.9. The minimum Gasteiger partial charge on any atom is -0.502 e. The van der Waals surface area contributed by atoms with Gasteiger partial charge in [0.2, 0.25) is 11.5 Å². The lowest BCUT2D eigenvalue weighted by Gasteiger charge is -2.18. The molecule has 2 aromatic rings. The van der Waals surface area contributed by atoms with E-state index in [0.717, 1.165) is 12.2 Å². The van der Waals surface area contributed by atoms with Gasteiger partial charge in [0.15, 0.2) is 29.1 Å². The first-order valence-electron chi connectivity index (χ1n) is 12.4. The third-order valence-corrected chi connectivity index (χ3v) is 6.30. The maximum absolute atomic E-state index is 12.5. The molecule has 0 aliphatic heterocycles. The van der Waals surface area contributed by atoms with Crippen molar-refractivity contribution in [3.05, 3.63) is 47.5 Å². The van der Waals surface area contributed by atoms with Gasteiger partial charge in [-0.2, -0.15) is 0 Å². The standard InChI is InChI=1S/C27H34NO14P/c1-35-20-11-17(12-21(36-2)26(20)31)5-7-24(29)39-15-19(16-41-43(33,34)40-10-9-28)42-25(30)8-6-18-13-22(37-3)27(32)23(14-18)38-4/h5-8,11-14,19,31-32H,9-10,15-16,28H2,1-4H3,(H,33,34)/b7-5+,8-6+/t19-/m1/s1. The fraction of sp³-hybridized carbons (Fsp3) is 0.333. The molecule has 0 saturated carbocycles. The summed E-state index contributed by atoms with van der Waals surface area (Å²) in [5.41, 5.74) is 6.10. The minimum absolute atomic E-state index is 0.0489. The number of carbonyl (C=O) groups is 2. The average Bonchev–Trinajstić information content (AvgIpc) is 3.00. The number of phenolic OH excluding ortho intramolecular Hbond substituents is 2. The van der Waals surface area contributed by atoms with Gasteiger partial charge in [-0.15, -0.1) is 0 Å². The van der Waals surface area contributed by atoms with Crippen LogP contribution in [-0.2, 0) is 32.7 Å². The van der Waals surface area contributed by atoms with Crippen molar-refractivity contribution in [1.82, 2.24) is 0 Å². The molecule has 5 N–H and O–H groups in total. The zero-order valence-electron chi connectivity index (χ0n) is 23.9. The molecular weight excluding hydrogens is 593 g/mol. The lowest BCUT2D eigenvalue weighted by molar-refractivity contribution is -0.154. The van der Waals surface area contributed by atoms with E-state index in [9.17, 15) is 29.3 Å². The molecule has 0 bridgehead atoms. The first kappa shape index (κ1) is 34.9. The van der Waals surface area contributed by atoms with E-state index in [4.69, 9.17) is 38.7 Å². The van der Waals surface area contributed by atoms with Crippen LogP contribution in [0.4, 0.5) is 0 Å². The second kappa shape index (κ2) is 17.0. The van der Waals surface area contributed by atoms with Crippen LogP contribution in [0.2, 0.25) is 0 Å². The number of phenols is 2. The molecule has 2 aromatic carbocycles. The topological polar surface area (TPSA) is 212 Å². The van der Waals surface area contributed by atoms with Crippen LogP contribution < -0.4 is 24.7 Å². The number of esters is 2. The summed E-state index contributed by atoms with van der Waals surface area (Å²) in [6, 6.07) is 5.77. The van der Waals surface area contributed by atoms with Crippen molar-refractivity contribution >= 4 is 31.9 Å². The zero-order chi connectivity index (χ0) is 32.0. The highest BCUT2D eigenvalue weighted by Crippen LogP contribution is 2.43. The van der Waals surface area contributed by atoms with Crippen LogP contribution in [0.1, 0.15) is 11.1 Å². The Morgan fingerprint density at radius 3 is 1.65 bits per heavy atom. The van der Waals surface area contributed by atoms with Crippen molar-refractivity contribution in [3.8, 4) is 34.5 Å². The summed E-state index contributed by atoms with van der Waals surface area (Å²) in [5, 5.41) is 20.1. The summed E-state index contributed by atoms with van der Waals surface area (Å²) in [4.78, 5) is 34.7. The van der Waals surface area contributed by atoms with Gasteiger partial charge in [-0.25, -0.2) is 14.2 Å². The Balaban J connectivity index is 2.14. The van der Waals surface area contributed by atoms with Gasteiger partial charge in [-0.05, 0) is 47.5 Å². The van der Waals surface area contributed by atoms with Gasteiger partial charge in [0.25, 0.3) is 0 Å². The van der Waals surface area contributed by atoms with Crippen molar-refractivity contribution in [1.29, 1.82) is 0 Å². The highest BCUT2D eigenvalue weighted by molar-refractivity contribution is 7.47. The Morgan fingerprint density at radius 1 is 0.791 bits per heavy atom. The highest BCUT2D eigenvalue weighted by atomic mass is 31.2. The highest BCUT2D eigenvalue weighted by Gasteiger charge is 2.25. The number of phosphoric ester groups is 1. The summed E-state index contributed by atoms with van der Waals surface area (Å²) in [5.74, 6) is -1.82. The first-order chi connectivity index (χ1) is 20.5. The van der Waals surface area contributed by atoms with E-state index in [0.29, 0.717) is 11.1 Å². The number of methoxy groups -OCH3 is 4. The smallest absolute Gasteiger partial charge is 0.472 e. The normalized spacial score (nSPS) is 13.3. The van der Waals surface area contributed by atoms with Crippen LogP contribution >= 0.6 is 7.82 Å². The maximum atomic E-state index is 12.5. The van der Waals surface area contributed by atoms with Crippen molar-refractivity contribution in [2.45, 2.75) is 6.10 Å². The zero-order valence-corrected chi connectivity index (χ0v) is 24.8. The van der Waals surface area contributed by atoms with Crippen LogP contribution in [-0.4, -0.2) is 88.0 Å². The Bertz CT molecular complexity index is 1310. The largest absolute Gasteiger partial charge is 0.502 e. The fourth-order valence-corrected chi connectivity index (χ4v) is 4.04. The van der Waals surface area contributed by atoms with Crippen LogP contribution in [0, 0.1) is 0 Å². The van der Waals surface area contributed by atoms with E-state index < -0.39 is 39.1 Å². The van der Waals surface area contributed by atoms with Crippen LogP contribution in [0.5, 0.6) is 34.5 Å². The van der Waals surface area contributed by atoms with Crippen molar-refractivity contribution < 1.29 is 66.7 Å². The molecule has 0 aliphatic carbocycles. The number of ether oxygens (including phenoxy) is 6. The molecule has 0 fully saturated rings. The van der Waals surface area contributed by atoms with Crippen molar-refractivity contribution in [2.24, 2.45) is 5.73 Å². The summed E-state index contributed by atoms with van der Waals surface area (Å²) < 4.78 is 52.3. The predicted molar refractivity (Wildman–Crippen MR) is 152 cm³/mol. The second-order valence-corrected chi connectivity index (χ2v) is 9.74. The molecule has 236 valence electrons. The number of carbonyl (C=O) groups excluding carboxylic acids is 2. The molecule has 0 aliphatic rings. The molecule has 0 spiro atoms. The molecule has 16 heteroatoms. The summed E-state index contributed by atoms with van der Waals surface area (Å²) >= 11 is 0. The predicted octanol–water partition coefficient (Wildman–Crippen LogP) is 2.41. The number of rotatable bonds is 17. The Hall–Kier alpha value is -4.27. The third-order valence-electron chi connectivity index (χ3n) is 5.32. The molecule has 0 saturated heterocycles. The lowest BCUT2D eigenvalue weighted by Crippen LogP contribution is -2.28. The van der Waals surface area contributed by atoms with Gasteiger partial charge in [0, 0.05) is 18.7 Å². The van der Waals surface area contributed by atoms with Crippen LogP contribution in [0.3, 0.4) is 0 Å². The van der Waals surface area contributed by atoms with Gasteiger partial charge < -0.3 is 49.3 Å². The Labute approximate surface area is 247 Å². The quantitative estimate of drug-likeness (QED) is 0.113. The van der Waals surface area contributed by atoms with Crippen LogP contribution in [0.15, 0.2) is 36.4 Å². The molecule has 2 rings (SSSR count). The molecule has 0 amide bonds. The summed E-state index contributed by atoms with van der Waals surface area (Å²) in [6.07, 6.45) is 3.43. The molecule has 0 aromatic heterocycles. The van der Waals surface area contributed by atoms with E-state index in [1.807, 2.05) is 0 Å². The van der Waals surface area contributed by atoms with E-state index in [1.165, 1.54) is 64.9 Å². The van der Waals surface area contributed by atoms with Crippen molar-refractivity contribution in [2.75, 3.05) is 54.8 Å². The SMILES string of the molecule is COc1cc(/C=C/C(=O)OC[C@H](COP(=O)(O)OCCN)OC(=O)/C=C/c2cc(OC)c(O)c(OC)c2)cc(OC)c1O. The number of benzene rings is 2. The van der Waals surface area contributed by atoms with Gasteiger partial charge >= 0.3 is 19.8 Å². The average molecular weight is 628 g/mol. The molecule has 0 radical (unpaired) electrons. The number of nitrogens with two attached hydrogens (primary N) is 1. The van der Waals surface area contributed by atoms with Gasteiger partial charge in [0.05, 0.1) is 41.7 Å². The Morgan fingerprint density at radius 2 is 1.23 bits per heavy atom. The van der Waals surface area contributed by atoms with E-state index in [-0.39, 0.29) is 47.6 Å². The van der Waals surface area contributed by atoms with E-state index >= 15 is 0 Å². The van der Waals surface area contributed by atoms with Crippen LogP contribution in [0.25, 0.3) is 12.2 Å². The molecule has 43 heavy (non-hydrogen) atoms. The minimum atomic E-state index is -4.55. The maximum Gasteiger partial charge on any atom is 0.472 e. The lowest BCUT2D eigenvalue weighted by atomic mass is 10.1. The number of phosphoric acid groups is 1. The molecule has 0 heterocycles. The van der Waals surface area contributed by atoms with Gasteiger partial charge in [0.1, 0.15) is 6.61 Å². The van der Waals surface area contributed by atoms with E-state index in [2.05, 4.69) is 4.52 Å². The number of aromatic hydroxyl groups is 2. The number of hydrogen-bond donors (Lipinski definition) is 4. The molecule has 15 nitrogen and oxygen atoms in total. The van der Waals surface area contributed by atoms with Crippen molar-refractivity contribution in [3.63, 3.8) is 0 Å².